The molecule has 0 aromatic heterocycles. The molecule has 1 aliphatic heterocycles. The van der Waals surface area contributed by atoms with Gasteiger partial charge in [0.05, 0.1) is 0 Å². The van der Waals surface area contributed by atoms with Crippen LogP contribution in [0.3, 0.4) is 0 Å². The van der Waals surface area contributed by atoms with E-state index in [2.05, 4.69) is 71.6 Å². The van der Waals surface area contributed by atoms with Gasteiger partial charge in [0.1, 0.15) is 0 Å². The predicted octanol–water partition coefficient (Wildman–Crippen LogP) is 5.24. The van der Waals surface area contributed by atoms with E-state index in [1.807, 2.05) is 0 Å². The highest BCUT2D eigenvalue weighted by atomic mass is 15.1. The first-order chi connectivity index (χ1) is 11.9. The Balaban J connectivity index is 1.56. The molecule has 2 atom stereocenters. The fourth-order valence-corrected chi connectivity index (χ4v) is 4.45. The summed E-state index contributed by atoms with van der Waals surface area (Å²) in [7, 11) is 0. The van der Waals surface area contributed by atoms with Gasteiger partial charge < -0.3 is 0 Å². The number of benzene rings is 2. The second kappa shape index (κ2) is 7.36. The standard InChI is InChI=1S/C23H27N/c1-3-7-21(8-4-1)23(22-9-5-2-6-10-22)14-16-24-15-13-19-11-12-20(17-19)18-24/h1-10,14,19-20H,11-13,15-18H2. The van der Waals surface area contributed by atoms with Crippen LogP contribution in [0.1, 0.15) is 36.8 Å². The van der Waals surface area contributed by atoms with Crippen molar-refractivity contribution in [3.63, 3.8) is 0 Å². The van der Waals surface area contributed by atoms with Crippen LogP contribution in [-0.4, -0.2) is 24.5 Å². The van der Waals surface area contributed by atoms with Crippen LogP contribution in [-0.2, 0) is 0 Å². The van der Waals surface area contributed by atoms with Crippen LogP contribution in [0.25, 0.3) is 5.57 Å². The van der Waals surface area contributed by atoms with Crippen molar-refractivity contribution >= 4 is 5.57 Å². The second-order valence-corrected chi connectivity index (χ2v) is 7.44. The number of nitrogens with zero attached hydrogens (tertiary/aromatic N) is 1. The van der Waals surface area contributed by atoms with Crippen molar-refractivity contribution in [1.82, 2.24) is 4.90 Å². The van der Waals surface area contributed by atoms with Gasteiger partial charge in [-0.1, -0.05) is 73.2 Å². The highest BCUT2D eigenvalue weighted by Gasteiger charge is 2.29. The number of rotatable bonds is 4. The summed E-state index contributed by atoms with van der Waals surface area (Å²) < 4.78 is 0. The summed E-state index contributed by atoms with van der Waals surface area (Å²) in [6.07, 6.45) is 8.26. The Morgan fingerprint density at radius 1 is 0.833 bits per heavy atom. The highest BCUT2D eigenvalue weighted by molar-refractivity contribution is 5.79. The van der Waals surface area contributed by atoms with E-state index in [0.717, 1.165) is 18.4 Å². The fourth-order valence-electron chi connectivity index (χ4n) is 4.45. The number of hydrogen-bond donors (Lipinski definition) is 0. The zero-order valence-electron chi connectivity index (χ0n) is 14.4. The Hall–Kier alpha value is -1.86. The summed E-state index contributed by atoms with van der Waals surface area (Å²) in [5, 5.41) is 0. The molecular formula is C23H27N. The molecule has 1 saturated heterocycles. The van der Waals surface area contributed by atoms with Crippen molar-refractivity contribution in [2.45, 2.75) is 25.7 Å². The molecule has 1 aliphatic carbocycles. The first-order valence-corrected chi connectivity index (χ1v) is 9.42. The van der Waals surface area contributed by atoms with Crippen molar-refractivity contribution in [3.05, 3.63) is 77.9 Å². The largest absolute Gasteiger partial charge is 0.299 e. The molecule has 2 fully saturated rings. The van der Waals surface area contributed by atoms with E-state index in [1.165, 1.54) is 55.5 Å². The molecule has 0 radical (unpaired) electrons. The quantitative estimate of drug-likeness (QED) is 0.745. The van der Waals surface area contributed by atoms with Gasteiger partial charge in [-0.15, -0.1) is 0 Å². The number of hydrogen-bond acceptors (Lipinski definition) is 1. The lowest BCUT2D eigenvalue weighted by Gasteiger charge is -2.23. The monoisotopic (exact) mass is 317 g/mol. The molecule has 124 valence electrons. The molecule has 4 rings (SSSR count). The average molecular weight is 317 g/mol. The highest BCUT2D eigenvalue weighted by Crippen LogP contribution is 2.36. The third kappa shape index (κ3) is 3.62. The topological polar surface area (TPSA) is 3.24 Å². The van der Waals surface area contributed by atoms with Gasteiger partial charge in [-0.25, -0.2) is 0 Å². The van der Waals surface area contributed by atoms with Gasteiger partial charge in [0.25, 0.3) is 0 Å². The van der Waals surface area contributed by atoms with Gasteiger partial charge in [-0.05, 0) is 54.3 Å². The van der Waals surface area contributed by atoms with E-state index in [9.17, 15) is 0 Å². The molecule has 1 saturated carbocycles. The molecule has 24 heavy (non-hydrogen) atoms. The van der Waals surface area contributed by atoms with Crippen LogP contribution in [0, 0.1) is 11.8 Å². The molecule has 2 aromatic rings. The van der Waals surface area contributed by atoms with E-state index in [1.54, 1.807) is 0 Å². The minimum atomic E-state index is 0.947. The molecule has 1 heteroatoms. The first kappa shape index (κ1) is 15.7. The van der Waals surface area contributed by atoms with Gasteiger partial charge in [0.2, 0.25) is 0 Å². The van der Waals surface area contributed by atoms with E-state index in [-0.39, 0.29) is 0 Å². The summed E-state index contributed by atoms with van der Waals surface area (Å²) in [6.45, 7) is 3.64. The van der Waals surface area contributed by atoms with Gasteiger partial charge in [-0.3, -0.25) is 4.90 Å². The lowest BCUT2D eigenvalue weighted by Crippen LogP contribution is -2.29. The third-order valence-electron chi connectivity index (χ3n) is 5.74. The van der Waals surface area contributed by atoms with Gasteiger partial charge in [0, 0.05) is 13.1 Å². The Labute approximate surface area is 146 Å². The summed E-state index contributed by atoms with van der Waals surface area (Å²) in [5.74, 6) is 1.95. The maximum atomic E-state index is 2.68. The smallest absolute Gasteiger partial charge is 0.0172 e. The fraction of sp³-hybridized carbons (Fsp3) is 0.391. The molecule has 1 heterocycles. The Morgan fingerprint density at radius 2 is 1.46 bits per heavy atom. The van der Waals surface area contributed by atoms with E-state index >= 15 is 0 Å². The SMILES string of the molecule is C(CN1CCC2CCC(C2)C1)=C(c1ccccc1)c1ccccc1. The Kier molecular flexibility index (Phi) is 4.80. The summed E-state index contributed by atoms with van der Waals surface area (Å²) in [4.78, 5) is 2.68. The molecular weight excluding hydrogens is 290 g/mol. The molecule has 0 amide bonds. The van der Waals surface area contributed by atoms with Crippen molar-refractivity contribution in [1.29, 1.82) is 0 Å². The molecule has 2 bridgehead atoms. The Bertz CT molecular complexity index is 632. The van der Waals surface area contributed by atoms with Crippen LogP contribution < -0.4 is 0 Å². The molecule has 2 aliphatic rings. The molecule has 2 aromatic carbocycles. The molecule has 1 nitrogen and oxygen atoms in total. The molecule has 0 N–H and O–H groups in total. The van der Waals surface area contributed by atoms with E-state index in [4.69, 9.17) is 0 Å². The van der Waals surface area contributed by atoms with Crippen LogP contribution >= 0.6 is 0 Å². The van der Waals surface area contributed by atoms with Crippen LogP contribution in [0.2, 0.25) is 0 Å². The lowest BCUT2D eigenvalue weighted by molar-refractivity contribution is 0.260. The van der Waals surface area contributed by atoms with Crippen molar-refractivity contribution in [2.24, 2.45) is 11.8 Å². The third-order valence-corrected chi connectivity index (χ3v) is 5.74. The zero-order chi connectivity index (χ0) is 16.2. The van der Waals surface area contributed by atoms with Crippen molar-refractivity contribution in [3.8, 4) is 0 Å². The summed E-state index contributed by atoms with van der Waals surface area (Å²) in [5.41, 5.74) is 4.01. The first-order valence-electron chi connectivity index (χ1n) is 9.42. The number of fused-ring (bicyclic) bond motifs is 2. The van der Waals surface area contributed by atoms with Crippen molar-refractivity contribution < 1.29 is 0 Å². The van der Waals surface area contributed by atoms with Gasteiger partial charge in [0.15, 0.2) is 0 Å². The van der Waals surface area contributed by atoms with Crippen LogP contribution in [0.5, 0.6) is 0 Å². The maximum Gasteiger partial charge on any atom is 0.0172 e. The normalized spacial score (nSPS) is 23.7. The predicted molar refractivity (Wildman–Crippen MR) is 102 cm³/mol. The average Bonchev–Trinajstić information content (AvgIpc) is 2.98. The number of likely N-dealkylation sites (tertiary alicyclic amines) is 1. The van der Waals surface area contributed by atoms with Crippen molar-refractivity contribution in [2.75, 3.05) is 19.6 Å². The molecule has 2 unspecified atom stereocenters. The molecule has 0 spiro atoms. The van der Waals surface area contributed by atoms with E-state index in [0.29, 0.717) is 0 Å². The maximum absolute atomic E-state index is 2.68. The summed E-state index contributed by atoms with van der Waals surface area (Å²) in [6, 6.07) is 21.6. The summed E-state index contributed by atoms with van der Waals surface area (Å²) >= 11 is 0. The lowest BCUT2D eigenvalue weighted by atomic mass is 9.97. The minimum Gasteiger partial charge on any atom is -0.299 e. The minimum absolute atomic E-state index is 0.947. The van der Waals surface area contributed by atoms with Crippen LogP contribution in [0.15, 0.2) is 66.7 Å². The van der Waals surface area contributed by atoms with Gasteiger partial charge in [-0.2, -0.15) is 0 Å². The second-order valence-electron chi connectivity index (χ2n) is 7.44. The van der Waals surface area contributed by atoms with Crippen LogP contribution in [0.4, 0.5) is 0 Å². The zero-order valence-corrected chi connectivity index (χ0v) is 14.4. The Morgan fingerprint density at radius 3 is 2.12 bits per heavy atom. The van der Waals surface area contributed by atoms with Gasteiger partial charge >= 0.3 is 0 Å². The van der Waals surface area contributed by atoms with E-state index < -0.39 is 0 Å².